The average molecular weight is 462 g/mol. The Bertz CT molecular complexity index is 977. The molecular weight excluding hydrogens is 430 g/mol. The number of nitrogens with zero attached hydrogens (tertiary/aromatic N) is 1. The number of fused-ring (bicyclic) bond motifs is 1. The monoisotopic (exact) mass is 461 g/mol. The molecule has 0 unspecified atom stereocenters. The van der Waals surface area contributed by atoms with Crippen molar-refractivity contribution in [3.8, 4) is 0 Å². The van der Waals surface area contributed by atoms with E-state index >= 15 is 0 Å². The van der Waals surface area contributed by atoms with Gasteiger partial charge in [0.2, 0.25) is 0 Å². The van der Waals surface area contributed by atoms with Crippen LogP contribution in [-0.4, -0.2) is 54.4 Å². The Morgan fingerprint density at radius 3 is 1.94 bits per heavy atom. The van der Waals surface area contributed by atoms with Crippen molar-refractivity contribution in [2.75, 3.05) is 13.7 Å². The lowest BCUT2D eigenvalue weighted by molar-refractivity contribution is -0.351. The molecule has 5 rings (SSSR count). The molecule has 2 heterocycles. The number of hydrogen-bond acceptors (Lipinski definition) is 6. The highest BCUT2D eigenvalue weighted by Gasteiger charge is 2.51. The second kappa shape index (κ2) is 10.8. The SMILES string of the molecule is CO[C@H]1O[C@@H]2CO[C@@H](c3ccccc3)O[C@H]2[C@@H](O)[C@H]1N(Cc1ccccc1)Cc1ccccc1. The van der Waals surface area contributed by atoms with Crippen molar-refractivity contribution >= 4 is 0 Å². The van der Waals surface area contributed by atoms with Crippen molar-refractivity contribution in [2.45, 2.75) is 50.0 Å². The van der Waals surface area contributed by atoms with Crippen LogP contribution in [-0.2, 0) is 32.0 Å². The highest BCUT2D eigenvalue weighted by molar-refractivity contribution is 5.19. The molecule has 2 fully saturated rings. The summed E-state index contributed by atoms with van der Waals surface area (Å²) < 4.78 is 24.3. The van der Waals surface area contributed by atoms with E-state index in [9.17, 15) is 5.11 Å². The van der Waals surface area contributed by atoms with Gasteiger partial charge in [-0.2, -0.15) is 0 Å². The maximum Gasteiger partial charge on any atom is 0.184 e. The number of ether oxygens (including phenoxy) is 4. The molecular formula is C28H31NO5. The summed E-state index contributed by atoms with van der Waals surface area (Å²) in [5.74, 6) is 0. The second-order valence-electron chi connectivity index (χ2n) is 8.81. The molecule has 0 radical (unpaired) electrons. The van der Waals surface area contributed by atoms with Crippen LogP contribution in [0.2, 0.25) is 0 Å². The zero-order valence-corrected chi connectivity index (χ0v) is 19.3. The summed E-state index contributed by atoms with van der Waals surface area (Å²) in [6, 6.07) is 29.9. The van der Waals surface area contributed by atoms with E-state index in [0.717, 1.165) is 16.7 Å². The number of aliphatic hydroxyl groups is 1. The zero-order valence-electron chi connectivity index (χ0n) is 19.3. The van der Waals surface area contributed by atoms with E-state index in [1.54, 1.807) is 7.11 Å². The molecule has 3 aromatic rings. The third-order valence-corrected chi connectivity index (χ3v) is 6.52. The van der Waals surface area contributed by atoms with Crippen molar-refractivity contribution in [3.05, 3.63) is 108 Å². The third-order valence-electron chi connectivity index (χ3n) is 6.52. The van der Waals surface area contributed by atoms with E-state index in [0.29, 0.717) is 19.7 Å². The smallest absolute Gasteiger partial charge is 0.184 e. The van der Waals surface area contributed by atoms with Crippen LogP contribution in [0.25, 0.3) is 0 Å². The van der Waals surface area contributed by atoms with Crippen LogP contribution in [0.1, 0.15) is 23.0 Å². The summed E-state index contributed by atoms with van der Waals surface area (Å²) in [7, 11) is 1.62. The molecule has 0 aromatic heterocycles. The van der Waals surface area contributed by atoms with Crippen LogP contribution in [0.15, 0.2) is 91.0 Å². The van der Waals surface area contributed by atoms with Crippen molar-refractivity contribution in [1.29, 1.82) is 0 Å². The Morgan fingerprint density at radius 1 is 0.824 bits per heavy atom. The zero-order chi connectivity index (χ0) is 23.3. The van der Waals surface area contributed by atoms with Gasteiger partial charge in [0.15, 0.2) is 12.6 Å². The fourth-order valence-electron chi connectivity index (χ4n) is 4.84. The van der Waals surface area contributed by atoms with Gasteiger partial charge in [-0.25, -0.2) is 0 Å². The predicted molar refractivity (Wildman–Crippen MR) is 128 cm³/mol. The molecule has 34 heavy (non-hydrogen) atoms. The van der Waals surface area contributed by atoms with Gasteiger partial charge in [0.25, 0.3) is 0 Å². The van der Waals surface area contributed by atoms with E-state index in [2.05, 4.69) is 29.2 Å². The van der Waals surface area contributed by atoms with E-state index in [1.165, 1.54) is 0 Å². The molecule has 1 N–H and O–H groups in total. The molecule has 2 saturated heterocycles. The maximum atomic E-state index is 11.7. The normalized spacial score (nSPS) is 29.0. The van der Waals surface area contributed by atoms with Gasteiger partial charge in [0, 0.05) is 25.8 Å². The minimum Gasteiger partial charge on any atom is -0.388 e. The number of methoxy groups -OCH3 is 1. The summed E-state index contributed by atoms with van der Waals surface area (Å²) in [4.78, 5) is 2.22. The lowest BCUT2D eigenvalue weighted by atomic mass is 9.93. The fourth-order valence-corrected chi connectivity index (χ4v) is 4.84. The van der Waals surface area contributed by atoms with Gasteiger partial charge in [-0.3, -0.25) is 4.90 Å². The molecule has 2 aliphatic rings. The van der Waals surface area contributed by atoms with Crippen LogP contribution >= 0.6 is 0 Å². The Labute approximate surface area is 200 Å². The van der Waals surface area contributed by atoms with Gasteiger partial charge in [-0.1, -0.05) is 91.0 Å². The summed E-state index contributed by atoms with van der Waals surface area (Å²) in [5.41, 5.74) is 3.22. The lowest BCUT2D eigenvalue weighted by Gasteiger charge is -2.50. The highest BCUT2D eigenvalue weighted by atomic mass is 16.7. The largest absolute Gasteiger partial charge is 0.388 e. The van der Waals surface area contributed by atoms with Gasteiger partial charge < -0.3 is 24.1 Å². The maximum absolute atomic E-state index is 11.7. The summed E-state index contributed by atoms with van der Waals surface area (Å²) in [5, 5.41) is 11.7. The molecule has 6 atom stereocenters. The second-order valence-corrected chi connectivity index (χ2v) is 8.81. The Hall–Kier alpha value is -2.58. The molecule has 0 amide bonds. The molecule has 6 heteroatoms. The minimum atomic E-state index is -0.828. The predicted octanol–water partition coefficient (Wildman–Crippen LogP) is 3.90. The summed E-state index contributed by atoms with van der Waals surface area (Å²) in [6.07, 6.45) is -2.94. The standard InChI is InChI=1S/C28H31NO5/c1-31-28-24(29(17-20-11-5-2-6-12-20)18-21-13-7-3-8-14-21)25(30)26-23(33-28)19-32-27(34-26)22-15-9-4-10-16-22/h2-16,23-28,30H,17-19H2,1H3/t23-,24-,25+,26-,27-,28+/m1/s1. The Balaban J connectivity index is 1.42. The molecule has 3 aromatic carbocycles. The summed E-state index contributed by atoms with van der Waals surface area (Å²) in [6.45, 7) is 1.60. The number of benzene rings is 3. The van der Waals surface area contributed by atoms with Crippen LogP contribution in [0, 0.1) is 0 Å². The van der Waals surface area contributed by atoms with Crippen molar-refractivity contribution in [3.63, 3.8) is 0 Å². The topological polar surface area (TPSA) is 60.4 Å². The molecule has 2 aliphatic heterocycles. The number of rotatable bonds is 7. The first-order valence-corrected chi connectivity index (χ1v) is 11.7. The number of aliphatic hydroxyl groups excluding tert-OH is 1. The molecule has 6 nitrogen and oxygen atoms in total. The van der Waals surface area contributed by atoms with E-state index in [-0.39, 0.29) is 0 Å². The van der Waals surface area contributed by atoms with Crippen LogP contribution in [0.4, 0.5) is 0 Å². The first-order valence-electron chi connectivity index (χ1n) is 11.7. The Morgan fingerprint density at radius 2 is 1.38 bits per heavy atom. The van der Waals surface area contributed by atoms with Crippen molar-refractivity contribution < 1.29 is 24.1 Å². The highest BCUT2D eigenvalue weighted by Crippen LogP contribution is 2.36. The van der Waals surface area contributed by atoms with E-state index < -0.39 is 36.9 Å². The summed E-state index contributed by atoms with van der Waals surface area (Å²) >= 11 is 0. The van der Waals surface area contributed by atoms with Crippen molar-refractivity contribution in [2.24, 2.45) is 0 Å². The molecule has 178 valence electrons. The minimum absolute atomic E-state index is 0.325. The number of hydrogen-bond donors (Lipinski definition) is 1. The molecule has 0 bridgehead atoms. The first-order chi connectivity index (χ1) is 16.7. The Kier molecular flexibility index (Phi) is 7.35. The fraction of sp³-hybridized carbons (Fsp3) is 0.357. The van der Waals surface area contributed by atoms with Gasteiger partial charge in [-0.05, 0) is 11.1 Å². The van der Waals surface area contributed by atoms with Gasteiger partial charge >= 0.3 is 0 Å². The van der Waals surface area contributed by atoms with Gasteiger partial charge in [-0.15, -0.1) is 0 Å². The van der Waals surface area contributed by atoms with Crippen LogP contribution < -0.4 is 0 Å². The average Bonchev–Trinajstić information content (AvgIpc) is 2.90. The van der Waals surface area contributed by atoms with E-state index in [4.69, 9.17) is 18.9 Å². The van der Waals surface area contributed by atoms with Crippen molar-refractivity contribution in [1.82, 2.24) is 4.90 Å². The lowest BCUT2D eigenvalue weighted by Crippen LogP contribution is -2.66. The first kappa shape index (κ1) is 23.2. The quantitative estimate of drug-likeness (QED) is 0.576. The molecule has 0 saturated carbocycles. The molecule has 0 aliphatic carbocycles. The third kappa shape index (κ3) is 5.08. The molecule has 0 spiro atoms. The van der Waals surface area contributed by atoms with Crippen LogP contribution in [0.3, 0.4) is 0 Å². The van der Waals surface area contributed by atoms with Gasteiger partial charge in [0.05, 0.1) is 12.6 Å². The van der Waals surface area contributed by atoms with E-state index in [1.807, 2.05) is 66.7 Å². The van der Waals surface area contributed by atoms with Crippen LogP contribution in [0.5, 0.6) is 0 Å². The van der Waals surface area contributed by atoms with Gasteiger partial charge in [0.1, 0.15) is 18.3 Å².